The van der Waals surface area contributed by atoms with Crippen molar-refractivity contribution in [1.29, 1.82) is 0 Å². The Bertz CT molecular complexity index is 1300. The van der Waals surface area contributed by atoms with E-state index in [0.29, 0.717) is 16.3 Å². The second-order valence-electron chi connectivity index (χ2n) is 8.18. The molecule has 1 unspecified atom stereocenters. The lowest BCUT2D eigenvalue weighted by Gasteiger charge is -2.33. The van der Waals surface area contributed by atoms with Crippen LogP contribution in [0.4, 0.5) is 5.69 Å². The Morgan fingerprint density at radius 3 is 2.17 bits per heavy atom. The third-order valence-electron chi connectivity index (χ3n) is 5.61. The highest BCUT2D eigenvalue weighted by Crippen LogP contribution is 2.24. The van der Waals surface area contributed by atoms with Gasteiger partial charge in [0, 0.05) is 29.5 Å². The molecular weight excluding hydrogens is 566 g/mol. The Morgan fingerprint density at radius 1 is 0.972 bits per heavy atom. The van der Waals surface area contributed by atoms with E-state index in [9.17, 15) is 18.0 Å². The summed E-state index contributed by atoms with van der Waals surface area (Å²) in [6, 6.07) is 22.1. The Labute approximate surface area is 225 Å². The fourth-order valence-corrected chi connectivity index (χ4v) is 5.06. The maximum Gasteiger partial charge on any atom is 0.244 e. The van der Waals surface area contributed by atoms with Gasteiger partial charge in [-0.05, 0) is 41.5 Å². The van der Waals surface area contributed by atoms with Gasteiger partial charge < -0.3 is 10.2 Å². The van der Waals surface area contributed by atoms with E-state index in [4.69, 9.17) is 11.6 Å². The number of hydrogen-bond acceptors (Lipinski definition) is 4. The van der Waals surface area contributed by atoms with Crippen LogP contribution in [0.3, 0.4) is 0 Å². The summed E-state index contributed by atoms with van der Waals surface area (Å²) in [4.78, 5) is 28.2. The number of anilines is 1. The van der Waals surface area contributed by atoms with Crippen LogP contribution in [-0.2, 0) is 32.6 Å². The molecule has 0 saturated heterocycles. The van der Waals surface area contributed by atoms with Crippen LogP contribution < -0.4 is 9.62 Å². The summed E-state index contributed by atoms with van der Waals surface area (Å²) in [5.74, 6) is -0.901. The van der Waals surface area contributed by atoms with Gasteiger partial charge in [-0.15, -0.1) is 0 Å². The van der Waals surface area contributed by atoms with Crippen molar-refractivity contribution in [3.05, 3.63) is 99.5 Å². The number of nitrogens with one attached hydrogen (secondary N) is 1. The highest BCUT2D eigenvalue weighted by molar-refractivity contribution is 9.10. The molecule has 1 N–H and O–H groups in total. The monoisotopic (exact) mass is 591 g/mol. The van der Waals surface area contributed by atoms with Crippen molar-refractivity contribution in [3.8, 4) is 0 Å². The Morgan fingerprint density at radius 2 is 1.58 bits per heavy atom. The minimum atomic E-state index is -3.81. The second-order valence-corrected chi connectivity index (χ2v) is 11.4. The Kier molecular flexibility index (Phi) is 9.53. The zero-order valence-electron chi connectivity index (χ0n) is 19.9. The quantitative estimate of drug-likeness (QED) is 0.381. The van der Waals surface area contributed by atoms with Gasteiger partial charge in [-0.25, -0.2) is 8.42 Å². The van der Waals surface area contributed by atoms with E-state index in [1.54, 1.807) is 48.5 Å². The van der Waals surface area contributed by atoms with E-state index < -0.39 is 28.5 Å². The average Bonchev–Trinajstić information content (AvgIpc) is 2.85. The van der Waals surface area contributed by atoms with E-state index >= 15 is 0 Å². The highest BCUT2D eigenvalue weighted by atomic mass is 79.9. The lowest BCUT2D eigenvalue weighted by atomic mass is 10.0. The van der Waals surface area contributed by atoms with Gasteiger partial charge in [0.1, 0.15) is 12.6 Å². The maximum atomic E-state index is 13.8. The number of benzene rings is 3. The molecule has 3 aromatic rings. The minimum absolute atomic E-state index is 0.0291. The number of amides is 2. The summed E-state index contributed by atoms with van der Waals surface area (Å²) < 4.78 is 27.2. The van der Waals surface area contributed by atoms with Crippen LogP contribution in [0, 0.1) is 0 Å². The molecule has 0 heterocycles. The van der Waals surface area contributed by atoms with Gasteiger partial charge in [0.25, 0.3) is 0 Å². The normalized spacial score (nSPS) is 12.0. The second kappa shape index (κ2) is 12.4. The summed E-state index contributed by atoms with van der Waals surface area (Å²) >= 11 is 9.73. The molecule has 2 amide bonds. The first-order valence-corrected chi connectivity index (χ1v) is 14.1. The molecule has 0 bridgehead atoms. The standard InChI is InChI=1S/C26H27BrClN3O4S/c1-29-26(33)24(16-19-8-4-3-5-9-19)30(17-20-10-6-7-11-23(20)28)25(32)18-31(36(2,34)35)22-14-12-21(27)13-15-22/h3-15,24H,16-18H2,1-2H3,(H,29,33). The molecule has 0 aliphatic carbocycles. The molecule has 3 aromatic carbocycles. The van der Waals surface area contributed by atoms with Gasteiger partial charge in [-0.2, -0.15) is 0 Å². The molecule has 10 heteroatoms. The topological polar surface area (TPSA) is 86.8 Å². The number of rotatable bonds is 10. The largest absolute Gasteiger partial charge is 0.357 e. The molecule has 0 spiro atoms. The molecule has 0 aliphatic rings. The molecule has 36 heavy (non-hydrogen) atoms. The molecule has 3 rings (SSSR count). The first-order chi connectivity index (χ1) is 17.1. The van der Waals surface area contributed by atoms with Crippen LogP contribution >= 0.6 is 27.5 Å². The van der Waals surface area contributed by atoms with Gasteiger partial charge >= 0.3 is 0 Å². The summed E-state index contributed by atoms with van der Waals surface area (Å²) in [5.41, 5.74) is 1.84. The lowest BCUT2D eigenvalue weighted by Crippen LogP contribution is -2.52. The number of likely N-dealkylation sites (N-methyl/N-ethyl adjacent to an activating group) is 1. The smallest absolute Gasteiger partial charge is 0.244 e. The van der Waals surface area contributed by atoms with E-state index in [2.05, 4.69) is 21.2 Å². The first-order valence-electron chi connectivity index (χ1n) is 11.1. The van der Waals surface area contributed by atoms with Crippen LogP contribution in [0.5, 0.6) is 0 Å². The van der Waals surface area contributed by atoms with Crippen LogP contribution in [0.15, 0.2) is 83.3 Å². The first kappa shape index (κ1) is 27.7. The molecule has 0 aromatic heterocycles. The van der Waals surface area contributed by atoms with Gasteiger partial charge in [0.2, 0.25) is 21.8 Å². The number of carbonyl (C=O) groups is 2. The molecule has 7 nitrogen and oxygen atoms in total. The number of sulfonamides is 1. The fourth-order valence-electron chi connectivity index (χ4n) is 3.75. The number of hydrogen-bond donors (Lipinski definition) is 1. The molecule has 0 radical (unpaired) electrons. The zero-order chi connectivity index (χ0) is 26.3. The van der Waals surface area contributed by atoms with Crippen LogP contribution in [-0.4, -0.2) is 51.0 Å². The predicted octanol–water partition coefficient (Wildman–Crippen LogP) is 4.25. The summed E-state index contributed by atoms with van der Waals surface area (Å²) in [7, 11) is -2.30. The van der Waals surface area contributed by atoms with Crippen molar-refractivity contribution in [2.24, 2.45) is 0 Å². The van der Waals surface area contributed by atoms with Crippen molar-refractivity contribution in [3.63, 3.8) is 0 Å². The zero-order valence-corrected chi connectivity index (χ0v) is 23.1. The highest BCUT2D eigenvalue weighted by Gasteiger charge is 2.32. The van der Waals surface area contributed by atoms with Crippen LogP contribution in [0.2, 0.25) is 5.02 Å². The molecule has 0 saturated carbocycles. The number of nitrogens with zero attached hydrogens (tertiary/aromatic N) is 2. The SMILES string of the molecule is CNC(=O)C(Cc1ccccc1)N(Cc1ccccc1Cl)C(=O)CN(c1ccc(Br)cc1)S(C)(=O)=O. The third kappa shape index (κ3) is 7.32. The average molecular weight is 593 g/mol. The number of carbonyl (C=O) groups excluding carboxylic acids is 2. The van der Waals surface area contributed by atoms with E-state index in [-0.39, 0.29) is 18.9 Å². The fraction of sp³-hybridized carbons (Fsp3) is 0.231. The lowest BCUT2D eigenvalue weighted by molar-refractivity contribution is -0.139. The van der Waals surface area contributed by atoms with Crippen LogP contribution in [0.25, 0.3) is 0 Å². The molecule has 0 fully saturated rings. The van der Waals surface area contributed by atoms with Crippen molar-refractivity contribution < 1.29 is 18.0 Å². The summed E-state index contributed by atoms with van der Waals surface area (Å²) in [5, 5.41) is 3.08. The van der Waals surface area contributed by atoms with Crippen molar-refractivity contribution in [2.75, 3.05) is 24.2 Å². The van der Waals surface area contributed by atoms with Crippen LogP contribution in [0.1, 0.15) is 11.1 Å². The van der Waals surface area contributed by atoms with Gasteiger partial charge in [-0.1, -0.05) is 76.1 Å². The summed E-state index contributed by atoms with van der Waals surface area (Å²) in [6.07, 6.45) is 1.29. The minimum Gasteiger partial charge on any atom is -0.357 e. The van der Waals surface area contributed by atoms with Gasteiger partial charge in [-0.3, -0.25) is 13.9 Å². The van der Waals surface area contributed by atoms with Gasteiger partial charge in [0.15, 0.2) is 0 Å². The molecular formula is C26H27BrClN3O4S. The molecule has 0 aliphatic heterocycles. The maximum absolute atomic E-state index is 13.8. The van der Waals surface area contributed by atoms with Crippen molar-refractivity contribution in [1.82, 2.24) is 10.2 Å². The van der Waals surface area contributed by atoms with Gasteiger partial charge in [0.05, 0.1) is 11.9 Å². The Balaban J connectivity index is 2.03. The third-order valence-corrected chi connectivity index (χ3v) is 7.65. The summed E-state index contributed by atoms with van der Waals surface area (Å²) in [6.45, 7) is -0.450. The predicted molar refractivity (Wildman–Crippen MR) is 146 cm³/mol. The van der Waals surface area contributed by atoms with Crippen molar-refractivity contribution >= 4 is 55.1 Å². The van der Waals surface area contributed by atoms with Crippen molar-refractivity contribution in [2.45, 2.75) is 19.0 Å². The Hall–Kier alpha value is -2.88. The van der Waals surface area contributed by atoms with E-state index in [1.165, 1.54) is 11.9 Å². The van der Waals surface area contributed by atoms with E-state index in [0.717, 1.165) is 20.6 Å². The van der Waals surface area contributed by atoms with E-state index in [1.807, 2.05) is 30.3 Å². The number of halogens is 2. The molecule has 190 valence electrons. The molecule has 1 atom stereocenters.